The van der Waals surface area contributed by atoms with Crippen molar-refractivity contribution in [1.82, 2.24) is 14.9 Å². The minimum Gasteiger partial charge on any atom is -0.377 e. The Bertz CT molecular complexity index is 639. The van der Waals surface area contributed by atoms with E-state index >= 15 is 0 Å². The highest BCUT2D eigenvalue weighted by atomic mass is 35.5. The summed E-state index contributed by atoms with van der Waals surface area (Å²) in [6, 6.07) is 8.07. The van der Waals surface area contributed by atoms with Gasteiger partial charge in [-0.3, -0.25) is 4.90 Å². The zero-order valence-corrected chi connectivity index (χ0v) is 14.4. The van der Waals surface area contributed by atoms with Crippen molar-refractivity contribution in [3.63, 3.8) is 0 Å². The van der Waals surface area contributed by atoms with Gasteiger partial charge in [-0.1, -0.05) is 17.7 Å². The third-order valence-electron chi connectivity index (χ3n) is 4.22. The molecule has 3 rings (SSSR count). The van der Waals surface area contributed by atoms with Crippen LogP contribution in [0.5, 0.6) is 0 Å². The van der Waals surface area contributed by atoms with Crippen molar-refractivity contribution < 1.29 is 0 Å². The number of rotatable bonds is 4. The first-order chi connectivity index (χ1) is 11.1. The first kappa shape index (κ1) is 16.0. The lowest BCUT2D eigenvalue weighted by molar-refractivity contribution is 0.249. The van der Waals surface area contributed by atoms with Gasteiger partial charge in [0.15, 0.2) is 0 Å². The summed E-state index contributed by atoms with van der Waals surface area (Å²) < 4.78 is 0. The molecule has 6 heteroatoms. The van der Waals surface area contributed by atoms with Crippen LogP contribution in [0.25, 0.3) is 0 Å². The largest absolute Gasteiger partial charge is 0.377 e. The van der Waals surface area contributed by atoms with Crippen molar-refractivity contribution in [2.75, 3.05) is 50.1 Å². The summed E-state index contributed by atoms with van der Waals surface area (Å²) >= 11 is 6.44. The molecule has 2 aromatic rings. The number of piperazine rings is 1. The number of anilines is 2. The second kappa shape index (κ2) is 7.15. The van der Waals surface area contributed by atoms with E-state index in [0.717, 1.165) is 43.6 Å². The topological polar surface area (TPSA) is 35.5 Å². The van der Waals surface area contributed by atoms with Gasteiger partial charge in [-0.15, -0.1) is 0 Å². The molecular weight excluding hydrogens is 310 g/mol. The van der Waals surface area contributed by atoms with Gasteiger partial charge in [0.25, 0.3) is 0 Å². The van der Waals surface area contributed by atoms with Gasteiger partial charge in [0, 0.05) is 69.3 Å². The normalized spacial score (nSPS) is 15.7. The average molecular weight is 332 g/mol. The number of halogens is 1. The van der Waals surface area contributed by atoms with Crippen LogP contribution in [0, 0.1) is 0 Å². The van der Waals surface area contributed by atoms with E-state index in [2.05, 4.69) is 44.8 Å². The predicted octanol–water partition coefficient (Wildman–Crippen LogP) is 2.52. The Kier molecular flexibility index (Phi) is 4.98. The molecule has 1 aromatic heterocycles. The Morgan fingerprint density at radius 2 is 1.91 bits per heavy atom. The smallest absolute Gasteiger partial charge is 0.131 e. The lowest BCUT2D eigenvalue weighted by Crippen LogP contribution is -2.46. The fourth-order valence-corrected chi connectivity index (χ4v) is 3.18. The number of hydrogen-bond acceptors (Lipinski definition) is 5. The van der Waals surface area contributed by atoms with Gasteiger partial charge >= 0.3 is 0 Å². The minimum atomic E-state index is 0.842. The highest BCUT2D eigenvalue weighted by Crippen LogP contribution is 2.28. The molecule has 122 valence electrons. The first-order valence-corrected chi connectivity index (χ1v) is 8.21. The standard InChI is InChI=1S/C17H22ClN5/c1-21(2)16-5-3-4-15(18)14(16)12-22-8-10-23(11-9-22)17-6-7-19-13-20-17/h3-7,13H,8-12H2,1-2H3. The third kappa shape index (κ3) is 3.74. The SMILES string of the molecule is CN(C)c1cccc(Cl)c1CN1CCN(c2ccncn2)CC1. The molecule has 0 atom stereocenters. The molecule has 0 aliphatic carbocycles. The van der Waals surface area contributed by atoms with E-state index in [1.54, 1.807) is 12.5 Å². The van der Waals surface area contributed by atoms with E-state index in [0.29, 0.717) is 0 Å². The van der Waals surface area contributed by atoms with Gasteiger partial charge in [0.1, 0.15) is 12.1 Å². The molecule has 23 heavy (non-hydrogen) atoms. The molecule has 1 aromatic carbocycles. The Labute approximate surface area is 142 Å². The summed E-state index contributed by atoms with van der Waals surface area (Å²) in [6.07, 6.45) is 3.40. The van der Waals surface area contributed by atoms with Gasteiger partial charge in [0.05, 0.1) is 0 Å². The van der Waals surface area contributed by atoms with Crippen LogP contribution in [-0.4, -0.2) is 55.1 Å². The zero-order valence-electron chi connectivity index (χ0n) is 13.6. The molecule has 1 saturated heterocycles. The Morgan fingerprint density at radius 3 is 2.57 bits per heavy atom. The first-order valence-electron chi connectivity index (χ1n) is 7.83. The highest BCUT2D eigenvalue weighted by Gasteiger charge is 2.20. The number of nitrogens with zero attached hydrogens (tertiary/aromatic N) is 5. The molecule has 1 fully saturated rings. The summed E-state index contributed by atoms with van der Waals surface area (Å²) in [5.41, 5.74) is 2.39. The van der Waals surface area contributed by atoms with Crippen LogP contribution in [0.1, 0.15) is 5.56 Å². The summed E-state index contributed by atoms with van der Waals surface area (Å²) in [5, 5.41) is 0.842. The maximum absolute atomic E-state index is 6.44. The molecule has 2 heterocycles. The fourth-order valence-electron chi connectivity index (χ4n) is 2.95. The van der Waals surface area contributed by atoms with Crippen LogP contribution in [0.2, 0.25) is 5.02 Å². The molecule has 0 N–H and O–H groups in total. The lowest BCUT2D eigenvalue weighted by atomic mass is 10.1. The van der Waals surface area contributed by atoms with Crippen LogP contribution in [-0.2, 0) is 6.54 Å². The van der Waals surface area contributed by atoms with Crippen LogP contribution in [0.4, 0.5) is 11.5 Å². The average Bonchev–Trinajstić information content (AvgIpc) is 2.58. The molecule has 0 bridgehead atoms. The molecule has 1 aliphatic rings. The predicted molar refractivity (Wildman–Crippen MR) is 95.3 cm³/mol. The Balaban J connectivity index is 1.66. The number of aromatic nitrogens is 2. The van der Waals surface area contributed by atoms with E-state index in [1.807, 2.05) is 18.2 Å². The lowest BCUT2D eigenvalue weighted by Gasteiger charge is -2.36. The van der Waals surface area contributed by atoms with E-state index < -0.39 is 0 Å². The van der Waals surface area contributed by atoms with Crippen molar-refractivity contribution >= 4 is 23.1 Å². The number of hydrogen-bond donors (Lipinski definition) is 0. The quantitative estimate of drug-likeness (QED) is 0.860. The van der Waals surface area contributed by atoms with Crippen molar-refractivity contribution in [1.29, 1.82) is 0 Å². The monoisotopic (exact) mass is 331 g/mol. The third-order valence-corrected chi connectivity index (χ3v) is 4.57. The van der Waals surface area contributed by atoms with Crippen LogP contribution in [0.15, 0.2) is 36.8 Å². The second-order valence-electron chi connectivity index (χ2n) is 5.96. The van der Waals surface area contributed by atoms with Gasteiger partial charge in [-0.05, 0) is 18.2 Å². The van der Waals surface area contributed by atoms with E-state index in [-0.39, 0.29) is 0 Å². The van der Waals surface area contributed by atoms with Crippen molar-refractivity contribution in [3.05, 3.63) is 47.4 Å². The Morgan fingerprint density at radius 1 is 1.13 bits per heavy atom. The van der Waals surface area contributed by atoms with Crippen molar-refractivity contribution in [3.8, 4) is 0 Å². The minimum absolute atomic E-state index is 0.842. The van der Waals surface area contributed by atoms with Crippen LogP contribution >= 0.6 is 11.6 Å². The molecule has 0 unspecified atom stereocenters. The van der Waals surface area contributed by atoms with Gasteiger partial charge in [-0.25, -0.2) is 9.97 Å². The zero-order chi connectivity index (χ0) is 16.2. The van der Waals surface area contributed by atoms with Crippen LogP contribution < -0.4 is 9.80 Å². The van der Waals surface area contributed by atoms with Gasteiger partial charge < -0.3 is 9.80 Å². The van der Waals surface area contributed by atoms with Crippen molar-refractivity contribution in [2.45, 2.75) is 6.54 Å². The van der Waals surface area contributed by atoms with Gasteiger partial charge in [0.2, 0.25) is 0 Å². The number of benzene rings is 1. The van der Waals surface area contributed by atoms with E-state index in [1.165, 1.54) is 11.3 Å². The molecular formula is C17H22ClN5. The summed E-state index contributed by atoms with van der Waals surface area (Å²) in [7, 11) is 4.12. The van der Waals surface area contributed by atoms with E-state index in [9.17, 15) is 0 Å². The summed E-state index contributed by atoms with van der Waals surface area (Å²) in [4.78, 5) is 15.2. The molecule has 0 radical (unpaired) electrons. The summed E-state index contributed by atoms with van der Waals surface area (Å²) in [5.74, 6) is 1.01. The second-order valence-corrected chi connectivity index (χ2v) is 6.37. The summed E-state index contributed by atoms with van der Waals surface area (Å²) in [6.45, 7) is 4.83. The molecule has 0 spiro atoms. The highest BCUT2D eigenvalue weighted by molar-refractivity contribution is 6.31. The van der Waals surface area contributed by atoms with Crippen molar-refractivity contribution in [2.24, 2.45) is 0 Å². The molecule has 5 nitrogen and oxygen atoms in total. The Hall–Kier alpha value is -1.85. The maximum Gasteiger partial charge on any atom is 0.131 e. The molecule has 1 aliphatic heterocycles. The molecule has 0 amide bonds. The molecule has 0 saturated carbocycles. The maximum atomic E-state index is 6.44. The van der Waals surface area contributed by atoms with Gasteiger partial charge in [-0.2, -0.15) is 0 Å². The van der Waals surface area contributed by atoms with Crippen LogP contribution in [0.3, 0.4) is 0 Å². The fraction of sp³-hybridized carbons (Fsp3) is 0.412. The van der Waals surface area contributed by atoms with E-state index in [4.69, 9.17) is 11.6 Å².